The number of nitrogens with one attached hydrogen (secondary N) is 2. The van der Waals surface area contributed by atoms with Crippen molar-refractivity contribution in [1.82, 2.24) is 15.6 Å². The van der Waals surface area contributed by atoms with Gasteiger partial charge in [-0.15, -0.1) is 0 Å². The quantitative estimate of drug-likeness (QED) is 0.813. The maximum atomic E-state index is 12.4. The summed E-state index contributed by atoms with van der Waals surface area (Å²) in [4.78, 5) is 25.9. The number of methoxy groups -OCH3 is 1. The lowest BCUT2D eigenvalue weighted by Crippen LogP contribution is -2.41. The number of likely N-dealkylation sites (tertiary alicyclic amines) is 1. The highest BCUT2D eigenvalue weighted by molar-refractivity contribution is 6.39. The van der Waals surface area contributed by atoms with Gasteiger partial charge >= 0.3 is 0 Å². The van der Waals surface area contributed by atoms with Crippen LogP contribution in [0.1, 0.15) is 37.3 Å². The van der Waals surface area contributed by atoms with E-state index in [-0.39, 0.29) is 17.9 Å². The lowest BCUT2D eigenvalue weighted by molar-refractivity contribution is -0.121. The molecule has 0 saturated carbocycles. The average molecular weight is 344 g/mol. The van der Waals surface area contributed by atoms with Gasteiger partial charge in [0.2, 0.25) is 5.91 Å². The molecule has 134 valence electrons. The Kier molecular flexibility index (Phi) is 5.65. The molecule has 1 aromatic carbocycles. The minimum Gasteiger partial charge on any atom is -0.496 e. The first kappa shape index (κ1) is 17.4. The lowest BCUT2D eigenvalue weighted by Gasteiger charge is -2.29. The van der Waals surface area contributed by atoms with Gasteiger partial charge in [0, 0.05) is 24.9 Å². The number of rotatable bonds is 6. The number of para-hydroxylation sites is 1. The molecule has 0 aromatic heterocycles. The molecular weight excluding hydrogens is 320 g/mol. The van der Waals surface area contributed by atoms with Crippen molar-refractivity contribution in [1.29, 1.82) is 0 Å². The van der Waals surface area contributed by atoms with Crippen LogP contribution in [0.2, 0.25) is 0 Å². The van der Waals surface area contributed by atoms with Crippen LogP contribution >= 0.6 is 0 Å². The highest BCUT2D eigenvalue weighted by atomic mass is 16.5. The highest BCUT2D eigenvalue weighted by Crippen LogP contribution is 2.31. The maximum Gasteiger partial charge on any atom is 0.267 e. The number of nitrogens with zero attached hydrogens (tertiary/aromatic N) is 2. The summed E-state index contributed by atoms with van der Waals surface area (Å²) >= 11 is 0. The van der Waals surface area contributed by atoms with E-state index in [4.69, 9.17) is 4.74 Å². The van der Waals surface area contributed by atoms with Gasteiger partial charge in [0.05, 0.1) is 13.2 Å². The first-order valence-electron chi connectivity index (χ1n) is 8.69. The maximum absolute atomic E-state index is 12.4. The summed E-state index contributed by atoms with van der Waals surface area (Å²) in [6.07, 6.45) is 3.01. The largest absolute Gasteiger partial charge is 0.496 e. The van der Waals surface area contributed by atoms with E-state index in [2.05, 4.69) is 20.7 Å². The van der Waals surface area contributed by atoms with Gasteiger partial charge in [-0.3, -0.25) is 14.5 Å². The molecule has 2 amide bonds. The summed E-state index contributed by atoms with van der Waals surface area (Å²) in [5, 5.41) is 6.83. The molecule has 2 aliphatic heterocycles. The number of hydrogen-bond donors (Lipinski definition) is 2. The Hall–Kier alpha value is -2.41. The molecule has 1 saturated heterocycles. The van der Waals surface area contributed by atoms with E-state index >= 15 is 0 Å². The smallest absolute Gasteiger partial charge is 0.267 e. The van der Waals surface area contributed by atoms with E-state index < -0.39 is 0 Å². The van der Waals surface area contributed by atoms with Crippen molar-refractivity contribution in [2.75, 3.05) is 26.7 Å². The predicted octanol–water partition coefficient (Wildman–Crippen LogP) is 1.21. The van der Waals surface area contributed by atoms with Crippen molar-refractivity contribution < 1.29 is 14.3 Å². The fourth-order valence-electron chi connectivity index (χ4n) is 3.36. The summed E-state index contributed by atoms with van der Waals surface area (Å²) in [6, 6.07) is 7.99. The van der Waals surface area contributed by atoms with Crippen LogP contribution in [-0.4, -0.2) is 49.2 Å². The van der Waals surface area contributed by atoms with Crippen LogP contribution in [0.4, 0.5) is 0 Å². The third-order valence-corrected chi connectivity index (χ3v) is 4.70. The number of benzene rings is 1. The number of ether oxygens (including phenoxy) is 1. The molecule has 2 heterocycles. The van der Waals surface area contributed by atoms with E-state index in [1.807, 2.05) is 24.3 Å². The molecule has 1 fully saturated rings. The second kappa shape index (κ2) is 8.11. The molecule has 0 unspecified atom stereocenters. The molecule has 25 heavy (non-hydrogen) atoms. The molecule has 3 rings (SSSR count). The molecule has 1 atom stereocenters. The van der Waals surface area contributed by atoms with Crippen molar-refractivity contribution in [2.45, 2.75) is 31.7 Å². The Morgan fingerprint density at radius 1 is 1.32 bits per heavy atom. The molecule has 7 nitrogen and oxygen atoms in total. The van der Waals surface area contributed by atoms with Gasteiger partial charge in [0.15, 0.2) is 0 Å². The minimum atomic E-state index is -0.223. The van der Waals surface area contributed by atoms with E-state index in [1.54, 1.807) is 7.11 Å². The second-order valence-corrected chi connectivity index (χ2v) is 6.30. The molecule has 2 N–H and O–H groups in total. The molecule has 0 bridgehead atoms. The van der Waals surface area contributed by atoms with Gasteiger partial charge < -0.3 is 10.1 Å². The average Bonchev–Trinajstić information content (AvgIpc) is 3.17. The number of carbonyl (C=O) groups is 2. The Bertz CT molecular complexity index is 668. The van der Waals surface area contributed by atoms with Crippen LogP contribution < -0.4 is 15.5 Å². The van der Waals surface area contributed by atoms with Gasteiger partial charge in [-0.25, -0.2) is 5.43 Å². The topological polar surface area (TPSA) is 83.0 Å². The summed E-state index contributed by atoms with van der Waals surface area (Å²) in [6.45, 7) is 2.50. The van der Waals surface area contributed by atoms with Gasteiger partial charge in [0.1, 0.15) is 11.5 Å². The van der Waals surface area contributed by atoms with Crippen molar-refractivity contribution in [3.05, 3.63) is 29.8 Å². The number of amides is 2. The van der Waals surface area contributed by atoms with Crippen LogP contribution in [0.15, 0.2) is 29.4 Å². The number of hydrogen-bond acceptors (Lipinski definition) is 5. The predicted molar refractivity (Wildman–Crippen MR) is 94.4 cm³/mol. The molecule has 0 radical (unpaired) electrons. The molecule has 0 aliphatic carbocycles. The monoisotopic (exact) mass is 344 g/mol. The van der Waals surface area contributed by atoms with Crippen LogP contribution in [0.3, 0.4) is 0 Å². The van der Waals surface area contributed by atoms with Gasteiger partial charge in [-0.05, 0) is 32.0 Å². The fourth-order valence-corrected chi connectivity index (χ4v) is 3.36. The van der Waals surface area contributed by atoms with E-state index in [0.717, 1.165) is 24.4 Å². The van der Waals surface area contributed by atoms with Gasteiger partial charge in [-0.2, -0.15) is 5.10 Å². The summed E-state index contributed by atoms with van der Waals surface area (Å²) in [5.74, 6) is 0.454. The van der Waals surface area contributed by atoms with Crippen LogP contribution in [0, 0.1) is 0 Å². The van der Waals surface area contributed by atoms with Crippen molar-refractivity contribution >= 4 is 17.5 Å². The van der Waals surface area contributed by atoms with Gasteiger partial charge in [-0.1, -0.05) is 18.2 Å². The zero-order chi connectivity index (χ0) is 17.6. The Morgan fingerprint density at radius 3 is 2.76 bits per heavy atom. The first-order chi connectivity index (χ1) is 12.2. The van der Waals surface area contributed by atoms with Gasteiger partial charge in [0.25, 0.3) is 5.91 Å². The van der Waals surface area contributed by atoms with Crippen molar-refractivity contribution in [2.24, 2.45) is 5.10 Å². The SMILES string of the molecule is COc1ccccc1[C@@H](CNC(=O)C1=NNC(=O)CC1)N1CCCC1. The van der Waals surface area contributed by atoms with E-state index in [0.29, 0.717) is 25.1 Å². The zero-order valence-electron chi connectivity index (χ0n) is 14.5. The lowest BCUT2D eigenvalue weighted by atomic mass is 10.0. The molecule has 0 spiro atoms. The van der Waals surface area contributed by atoms with Crippen LogP contribution in [0.5, 0.6) is 5.75 Å². The minimum absolute atomic E-state index is 0.0568. The van der Waals surface area contributed by atoms with Crippen molar-refractivity contribution in [3.8, 4) is 5.75 Å². The Morgan fingerprint density at radius 2 is 2.08 bits per heavy atom. The molecular formula is C18H24N4O3. The Labute approximate surface area is 147 Å². The molecule has 7 heteroatoms. The number of carbonyl (C=O) groups excluding carboxylic acids is 2. The third-order valence-electron chi connectivity index (χ3n) is 4.70. The summed E-state index contributed by atoms with van der Waals surface area (Å²) in [7, 11) is 1.66. The molecule has 1 aromatic rings. The van der Waals surface area contributed by atoms with Crippen LogP contribution in [0.25, 0.3) is 0 Å². The molecule has 2 aliphatic rings. The standard InChI is InChI=1S/C18H24N4O3/c1-25-16-7-3-2-6-13(16)15(22-10-4-5-11-22)12-19-18(24)14-8-9-17(23)21-20-14/h2-3,6-7,15H,4-5,8-12H2,1H3,(H,19,24)(H,21,23)/t15-/m1/s1. The third kappa shape index (κ3) is 4.17. The number of hydrazone groups is 1. The summed E-state index contributed by atoms with van der Waals surface area (Å²) in [5.41, 5.74) is 3.81. The normalized spacial score (nSPS) is 19.1. The van der Waals surface area contributed by atoms with E-state index in [1.165, 1.54) is 12.8 Å². The Balaban J connectivity index is 1.72. The second-order valence-electron chi connectivity index (χ2n) is 6.30. The fraction of sp³-hybridized carbons (Fsp3) is 0.500. The van der Waals surface area contributed by atoms with E-state index in [9.17, 15) is 9.59 Å². The highest BCUT2D eigenvalue weighted by Gasteiger charge is 2.27. The summed E-state index contributed by atoms with van der Waals surface area (Å²) < 4.78 is 5.51. The van der Waals surface area contributed by atoms with Crippen molar-refractivity contribution in [3.63, 3.8) is 0 Å². The zero-order valence-corrected chi connectivity index (χ0v) is 14.5. The van der Waals surface area contributed by atoms with Crippen LogP contribution in [-0.2, 0) is 9.59 Å². The first-order valence-corrected chi connectivity index (χ1v) is 8.69.